The summed E-state index contributed by atoms with van der Waals surface area (Å²) < 4.78 is 0. The second-order valence-corrected chi connectivity index (χ2v) is 7.78. The molecule has 1 aliphatic rings. The molecular weight excluding hydrogens is 320 g/mol. The zero-order valence-electron chi connectivity index (χ0n) is 15.9. The van der Waals surface area contributed by atoms with Crippen molar-refractivity contribution in [1.29, 1.82) is 0 Å². The summed E-state index contributed by atoms with van der Waals surface area (Å²) in [7, 11) is 0. The maximum Gasteiger partial charge on any atom is 0.222 e. The van der Waals surface area contributed by atoms with Gasteiger partial charge < -0.3 is 10.2 Å². The zero-order valence-corrected chi connectivity index (χ0v) is 15.9. The molecule has 1 saturated heterocycles. The summed E-state index contributed by atoms with van der Waals surface area (Å²) in [6.07, 6.45) is 1.85. The van der Waals surface area contributed by atoms with Crippen LogP contribution >= 0.6 is 0 Å². The monoisotopic (exact) mass is 350 g/mol. The Bertz CT molecular complexity index is 636. The van der Waals surface area contributed by atoms with Crippen molar-refractivity contribution in [3.05, 3.63) is 71.8 Å². The van der Waals surface area contributed by atoms with Gasteiger partial charge in [-0.15, -0.1) is 0 Å². The van der Waals surface area contributed by atoms with Crippen LogP contribution in [0.4, 0.5) is 0 Å². The molecule has 1 fully saturated rings. The molecule has 2 unspecified atom stereocenters. The van der Waals surface area contributed by atoms with Crippen molar-refractivity contribution in [3.8, 4) is 0 Å². The van der Waals surface area contributed by atoms with Gasteiger partial charge in [0.05, 0.1) is 6.04 Å². The van der Waals surface area contributed by atoms with Crippen LogP contribution in [-0.2, 0) is 4.79 Å². The molecule has 3 heteroatoms. The van der Waals surface area contributed by atoms with E-state index in [1.165, 1.54) is 6.42 Å². The second-order valence-electron chi connectivity index (χ2n) is 7.78. The van der Waals surface area contributed by atoms with Gasteiger partial charge in [-0.1, -0.05) is 74.5 Å². The normalized spacial score (nSPS) is 20.9. The van der Waals surface area contributed by atoms with Gasteiger partial charge in [0.25, 0.3) is 0 Å². The van der Waals surface area contributed by atoms with Crippen LogP contribution in [0, 0.1) is 11.8 Å². The van der Waals surface area contributed by atoms with Gasteiger partial charge in [0, 0.05) is 26.1 Å². The molecule has 2 aromatic rings. The lowest BCUT2D eigenvalue weighted by molar-refractivity contribution is -0.122. The third-order valence-corrected chi connectivity index (χ3v) is 5.17. The Labute approximate surface area is 157 Å². The number of piperidine rings is 1. The van der Waals surface area contributed by atoms with Crippen molar-refractivity contribution in [2.24, 2.45) is 11.8 Å². The molecule has 0 spiro atoms. The van der Waals surface area contributed by atoms with Crippen LogP contribution in [-0.4, -0.2) is 30.4 Å². The minimum Gasteiger partial charge on any atom is -0.345 e. The van der Waals surface area contributed by atoms with Crippen molar-refractivity contribution in [1.82, 2.24) is 10.2 Å². The number of nitrogens with one attached hydrogen (secondary N) is 1. The fourth-order valence-electron chi connectivity index (χ4n) is 4.12. The summed E-state index contributed by atoms with van der Waals surface area (Å²) >= 11 is 0. The Hall–Kier alpha value is -2.13. The quantitative estimate of drug-likeness (QED) is 0.844. The number of likely N-dealkylation sites (tertiary alicyclic amines) is 1. The number of rotatable bonds is 6. The molecule has 3 nitrogen and oxygen atoms in total. The minimum absolute atomic E-state index is 0.0934. The summed E-state index contributed by atoms with van der Waals surface area (Å²) in [5, 5.41) is 3.25. The number of hydrogen-bond donors (Lipinski definition) is 1. The highest BCUT2D eigenvalue weighted by Gasteiger charge is 2.22. The molecule has 2 aromatic carbocycles. The van der Waals surface area contributed by atoms with Crippen molar-refractivity contribution in [2.75, 3.05) is 19.6 Å². The molecule has 0 bridgehead atoms. The maximum absolute atomic E-state index is 12.7. The van der Waals surface area contributed by atoms with E-state index in [-0.39, 0.29) is 11.9 Å². The fraction of sp³-hybridized carbons (Fsp3) is 0.435. The van der Waals surface area contributed by atoms with Gasteiger partial charge in [0.2, 0.25) is 5.91 Å². The maximum atomic E-state index is 12.7. The van der Waals surface area contributed by atoms with Crippen LogP contribution in [0.25, 0.3) is 0 Å². The Morgan fingerprint density at radius 1 is 0.962 bits per heavy atom. The van der Waals surface area contributed by atoms with Crippen molar-refractivity contribution in [3.63, 3.8) is 0 Å². The summed E-state index contributed by atoms with van der Waals surface area (Å²) in [6.45, 7) is 7.68. The van der Waals surface area contributed by atoms with Gasteiger partial charge in [-0.05, 0) is 29.4 Å². The molecule has 1 aliphatic heterocycles. The average Bonchev–Trinajstić information content (AvgIpc) is 2.65. The summed E-state index contributed by atoms with van der Waals surface area (Å²) in [5.74, 6) is 1.57. The molecule has 0 aromatic heterocycles. The Morgan fingerprint density at radius 2 is 1.46 bits per heavy atom. The lowest BCUT2D eigenvalue weighted by Gasteiger charge is -2.34. The third kappa shape index (κ3) is 5.18. The van der Waals surface area contributed by atoms with Crippen molar-refractivity contribution < 1.29 is 4.79 Å². The summed E-state index contributed by atoms with van der Waals surface area (Å²) in [6, 6.07) is 20.3. The zero-order chi connectivity index (χ0) is 18.4. The Morgan fingerprint density at radius 3 is 1.96 bits per heavy atom. The highest BCUT2D eigenvalue weighted by atomic mass is 16.1. The SMILES string of the molecule is CC1CC(C)CN(CCC(=O)NC(c2ccccc2)c2ccccc2)C1. The minimum atomic E-state index is -0.0934. The summed E-state index contributed by atoms with van der Waals surface area (Å²) in [4.78, 5) is 15.1. The number of carbonyl (C=O) groups is 1. The Kier molecular flexibility index (Phi) is 6.45. The standard InChI is InChI=1S/C23H30N2O/c1-18-15-19(2)17-25(16-18)14-13-22(26)24-23(20-9-5-3-6-10-20)21-11-7-4-8-12-21/h3-12,18-19,23H,13-17H2,1-2H3,(H,24,26). The van der Waals surface area contributed by atoms with E-state index >= 15 is 0 Å². The topological polar surface area (TPSA) is 32.3 Å². The molecular formula is C23H30N2O. The molecule has 0 saturated carbocycles. The molecule has 1 heterocycles. The summed E-state index contributed by atoms with van der Waals surface area (Å²) in [5.41, 5.74) is 2.24. The Balaban J connectivity index is 1.62. The van der Waals surface area contributed by atoms with Crippen molar-refractivity contribution >= 4 is 5.91 Å². The van der Waals surface area contributed by atoms with Crippen LogP contribution in [0.1, 0.15) is 43.9 Å². The van der Waals surface area contributed by atoms with E-state index in [0.29, 0.717) is 6.42 Å². The van der Waals surface area contributed by atoms with E-state index in [1.807, 2.05) is 36.4 Å². The average molecular weight is 351 g/mol. The first kappa shape index (κ1) is 18.7. The molecule has 2 atom stereocenters. The van der Waals surface area contributed by atoms with E-state index in [2.05, 4.69) is 48.3 Å². The first-order chi connectivity index (χ1) is 12.6. The second kappa shape index (κ2) is 9.00. The van der Waals surface area contributed by atoms with E-state index in [1.54, 1.807) is 0 Å². The number of carbonyl (C=O) groups excluding carboxylic acids is 1. The number of nitrogens with zero attached hydrogens (tertiary/aromatic N) is 1. The van der Waals surface area contributed by atoms with Gasteiger partial charge >= 0.3 is 0 Å². The lowest BCUT2D eigenvalue weighted by Crippen LogP contribution is -2.41. The first-order valence-corrected chi connectivity index (χ1v) is 9.73. The third-order valence-electron chi connectivity index (χ3n) is 5.17. The fourth-order valence-corrected chi connectivity index (χ4v) is 4.12. The van der Waals surface area contributed by atoms with E-state index < -0.39 is 0 Å². The molecule has 138 valence electrons. The number of amides is 1. The molecule has 26 heavy (non-hydrogen) atoms. The van der Waals surface area contributed by atoms with Gasteiger partial charge in [-0.2, -0.15) is 0 Å². The van der Waals surface area contributed by atoms with Gasteiger partial charge in [0.1, 0.15) is 0 Å². The molecule has 1 N–H and O–H groups in total. The van der Waals surface area contributed by atoms with Crippen LogP contribution in [0.3, 0.4) is 0 Å². The van der Waals surface area contributed by atoms with E-state index in [4.69, 9.17) is 0 Å². The predicted molar refractivity (Wildman–Crippen MR) is 107 cm³/mol. The highest BCUT2D eigenvalue weighted by Crippen LogP contribution is 2.23. The van der Waals surface area contributed by atoms with Crippen LogP contribution in [0.5, 0.6) is 0 Å². The largest absolute Gasteiger partial charge is 0.345 e. The number of hydrogen-bond acceptors (Lipinski definition) is 2. The van der Waals surface area contributed by atoms with Crippen LogP contribution < -0.4 is 5.32 Å². The van der Waals surface area contributed by atoms with E-state index in [0.717, 1.165) is 42.6 Å². The molecule has 0 radical (unpaired) electrons. The molecule has 1 amide bonds. The predicted octanol–water partition coefficient (Wildman–Crippen LogP) is 4.26. The lowest BCUT2D eigenvalue weighted by atomic mass is 9.92. The van der Waals surface area contributed by atoms with Gasteiger partial charge in [-0.25, -0.2) is 0 Å². The van der Waals surface area contributed by atoms with Crippen molar-refractivity contribution in [2.45, 2.75) is 32.7 Å². The molecule has 0 aliphatic carbocycles. The van der Waals surface area contributed by atoms with Gasteiger partial charge in [-0.3, -0.25) is 4.79 Å². The van der Waals surface area contributed by atoms with Crippen LogP contribution in [0.15, 0.2) is 60.7 Å². The smallest absolute Gasteiger partial charge is 0.222 e. The van der Waals surface area contributed by atoms with E-state index in [9.17, 15) is 4.79 Å². The van der Waals surface area contributed by atoms with Gasteiger partial charge in [0.15, 0.2) is 0 Å². The highest BCUT2D eigenvalue weighted by molar-refractivity contribution is 5.77. The first-order valence-electron chi connectivity index (χ1n) is 9.73. The van der Waals surface area contributed by atoms with Crippen LogP contribution in [0.2, 0.25) is 0 Å². The molecule has 3 rings (SSSR count). The number of benzene rings is 2.